The lowest BCUT2D eigenvalue weighted by Gasteiger charge is -2.23. The molecule has 0 heterocycles. The number of nitrogens with one attached hydrogen (secondary N) is 1. The number of amides is 1. The van der Waals surface area contributed by atoms with E-state index in [1.807, 2.05) is 39.8 Å². The molecular formula is C16H22BrNO3. The molecule has 0 aromatic heterocycles. The Morgan fingerprint density at radius 2 is 1.95 bits per heavy atom. The molecule has 0 fully saturated rings. The third kappa shape index (κ3) is 5.87. The zero-order valence-electron chi connectivity index (χ0n) is 12.9. The first kappa shape index (κ1) is 17.7. The van der Waals surface area contributed by atoms with Gasteiger partial charge in [-0.15, -0.1) is 0 Å². The first-order valence-electron chi connectivity index (χ1n) is 6.87. The molecule has 1 unspecified atom stereocenters. The minimum absolute atomic E-state index is 0.0990. The number of carbonyl (C=O) groups is 2. The summed E-state index contributed by atoms with van der Waals surface area (Å²) in [7, 11) is 0. The van der Waals surface area contributed by atoms with Crippen LogP contribution in [0.2, 0.25) is 0 Å². The van der Waals surface area contributed by atoms with Crippen molar-refractivity contribution in [1.29, 1.82) is 0 Å². The van der Waals surface area contributed by atoms with Crippen molar-refractivity contribution in [1.82, 2.24) is 5.32 Å². The van der Waals surface area contributed by atoms with Gasteiger partial charge in [-0.1, -0.05) is 26.8 Å². The molecule has 1 rings (SSSR count). The van der Waals surface area contributed by atoms with Gasteiger partial charge in [0.05, 0.1) is 11.5 Å². The summed E-state index contributed by atoms with van der Waals surface area (Å²) in [6.07, 6.45) is 0.512. The maximum atomic E-state index is 12.1. The minimum atomic E-state index is -0.881. The number of benzene rings is 1. The molecule has 4 nitrogen and oxygen atoms in total. The predicted molar refractivity (Wildman–Crippen MR) is 86.4 cm³/mol. The molecule has 0 saturated carbocycles. The molecule has 0 spiro atoms. The van der Waals surface area contributed by atoms with E-state index in [1.165, 1.54) is 0 Å². The highest BCUT2D eigenvalue weighted by atomic mass is 79.9. The normalized spacial score (nSPS) is 12.8. The van der Waals surface area contributed by atoms with E-state index in [9.17, 15) is 14.7 Å². The number of carboxylic acid groups (broad SMARTS) is 1. The quantitative estimate of drug-likeness (QED) is 0.847. The molecule has 5 heteroatoms. The topological polar surface area (TPSA) is 66.4 Å². The van der Waals surface area contributed by atoms with Gasteiger partial charge in [-0.3, -0.25) is 9.59 Å². The zero-order chi connectivity index (χ0) is 16.2. The first-order chi connectivity index (χ1) is 9.60. The highest BCUT2D eigenvalue weighted by Gasteiger charge is 2.25. The Morgan fingerprint density at radius 1 is 1.33 bits per heavy atom. The van der Waals surface area contributed by atoms with Gasteiger partial charge in [0, 0.05) is 11.0 Å². The van der Waals surface area contributed by atoms with Gasteiger partial charge in [-0.05, 0) is 52.4 Å². The molecule has 1 aromatic rings. The van der Waals surface area contributed by atoms with E-state index in [2.05, 4.69) is 21.2 Å². The molecular weight excluding hydrogens is 334 g/mol. The molecule has 1 atom stereocenters. The van der Waals surface area contributed by atoms with Gasteiger partial charge in [0.2, 0.25) is 0 Å². The number of aliphatic carboxylic acids is 1. The second-order valence-electron chi connectivity index (χ2n) is 6.49. The van der Waals surface area contributed by atoms with E-state index >= 15 is 0 Å². The SMILES string of the molecule is Cc1ccc(C(=O)NCC(CC(C)(C)C)C(=O)O)c(Br)c1. The fourth-order valence-electron chi connectivity index (χ4n) is 2.10. The Hall–Kier alpha value is -1.36. The first-order valence-corrected chi connectivity index (χ1v) is 7.66. The van der Waals surface area contributed by atoms with E-state index < -0.39 is 11.9 Å². The predicted octanol–water partition coefficient (Wildman–Crippen LogP) is 3.62. The molecule has 21 heavy (non-hydrogen) atoms. The van der Waals surface area contributed by atoms with Gasteiger partial charge >= 0.3 is 5.97 Å². The highest BCUT2D eigenvalue weighted by molar-refractivity contribution is 9.10. The van der Waals surface area contributed by atoms with E-state index in [0.717, 1.165) is 5.56 Å². The van der Waals surface area contributed by atoms with E-state index in [1.54, 1.807) is 6.07 Å². The number of halogens is 1. The zero-order valence-corrected chi connectivity index (χ0v) is 14.5. The fourth-order valence-corrected chi connectivity index (χ4v) is 2.77. The lowest BCUT2D eigenvalue weighted by atomic mass is 9.84. The summed E-state index contributed by atoms with van der Waals surface area (Å²) in [5.74, 6) is -1.73. The maximum absolute atomic E-state index is 12.1. The number of hydrogen-bond acceptors (Lipinski definition) is 2. The van der Waals surface area contributed by atoms with Gasteiger partial charge in [0.15, 0.2) is 0 Å². The minimum Gasteiger partial charge on any atom is -0.481 e. The standard InChI is InChI=1S/C16H22BrNO3/c1-10-5-6-12(13(17)7-10)14(19)18-9-11(15(20)21)8-16(2,3)4/h5-7,11H,8-9H2,1-4H3,(H,18,19)(H,20,21). The summed E-state index contributed by atoms with van der Waals surface area (Å²) in [6, 6.07) is 5.44. The Kier molecular flexibility index (Phi) is 5.96. The third-order valence-electron chi connectivity index (χ3n) is 3.09. The van der Waals surface area contributed by atoms with Crippen LogP contribution < -0.4 is 5.32 Å². The largest absolute Gasteiger partial charge is 0.481 e. The van der Waals surface area contributed by atoms with Crippen LogP contribution >= 0.6 is 15.9 Å². The Bertz CT molecular complexity index is 535. The lowest BCUT2D eigenvalue weighted by Crippen LogP contribution is -2.35. The van der Waals surface area contributed by atoms with E-state index in [0.29, 0.717) is 16.5 Å². The summed E-state index contributed by atoms with van der Waals surface area (Å²) in [5.41, 5.74) is 1.47. The maximum Gasteiger partial charge on any atom is 0.308 e. The van der Waals surface area contributed by atoms with E-state index in [4.69, 9.17) is 0 Å². The summed E-state index contributed by atoms with van der Waals surface area (Å²) in [6.45, 7) is 8.03. The van der Waals surface area contributed by atoms with Crippen molar-refractivity contribution in [2.75, 3.05) is 6.54 Å². The molecule has 1 aromatic carbocycles. The molecule has 0 saturated heterocycles. The molecule has 0 aliphatic heterocycles. The Labute approximate surface area is 134 Å². The van der Waals surface area contributed by atoms with Crippen molar-refractivity contribution in [3.05, 3.63) is 33.8 Å². The van der Waals surface area contributed by atoms with Crippen LogP contribution in [0.3, 0.4) is 0 Å². The van der Waals surface area contributed by atoms with Crippen LogP contribution in [0, 0.1) is 18.3 Å². The molecule has 0 aliphatic carbocycles. The van der Waals surface area contributed by atoms with Crippen molar-refractivity contribution < 1.29 is 14.7 Å². The number of carboxylic acids is 1. The number of aryl methyl sites for hydroxylation is 1. The molecule has 1 amide bonds. The number of hydrogen-bond donors (Lipinski definition) is 2. The van der Waals surface area contributed by atoms with Gasteiger partial charge in [-0.25, -0.2) is 0 Å². The monoisotopic (exact) mass is 355 g/mol. The Balaban J connectivity index is 2.71. The third-order valence-corrected chi connectivity index (χ3v) is 3.74. The molecule has 116 valence electrons. The van der Waals surface area contributed by atoms with Gasteiger partial charge in [0.25, 0.3) is 5.91 Å². The number of rotatable bonds is 5. The van der Waals surface area contributed by atoms with Crippen LogP contribution in [0.1, 0.15) is 43.1 Å². The smallest absolute Gasteiger partial charge is 0.308 e. The average Bonchev–Trinajstić information content (AvgIpc) is 2.32. The summed E-state index contributed by atoms with van der Waals surface area (Å²) < 4.78 is 0.711. The number of carbonyl (C=O) groups excluding carboxylic acids is 1. The van der Waals surface area contributed by atoms with Crippen LogP contribution in [0.4, 0.5) is 0 Å². The summed E-state index contributed by atoms with van der Waals surface area (Å²) in [5, 5.41) is 12.0. The van der Waals surface area contributed by atoms with Gasteiger partial charge in [0.1, 0.15) is 0 Å². The van der Waals surface area contributed by atoms with E-state index in [-0.39, 0.29) is 17.9 Å². The van der Waals surface area contributed by atoms with Crippen LogP contribution in [0.25, 0.3) is 0 Å². The Morgan fingerprint density at radius 3 is 2.43 bits per heavy atom. The van der Waals surface area contributed by atoms with Crippen LogP contribution in [0.15, 0.2) is 22.7 Å². The summed E-state index contributed by atoms with van der Waals surface area (Å²) >= 11 is 3.36. The van der Waals surface area contributed by atoms with Crippen LogP contribution in [-0.4, -0.2) is 23.5 Å². The van der Waals surface area contributed by atoms with Crippen molar-refractivity contribution in [3.8, 4) is 0 Å². The summed E-state index contributed by atoms with van der Waals surface area (Å²) in [4.78, 5) is 23.4. The molecule has 0 aliphatic rings. The molecule has 0 radical (unpaired) electrons. The molecule has 0 bridgehead atoms. The second-order valence-corrected chi connectivity index (χ2v) is 7.35. The average molecular weight is 356 g/mol. The van der Waals surface area contributed by atoms with Crippen LogP contribution in [0.5, 0.6) is 0 Å². The van der Waals surface area contributed by atoms with Crippen molar-refractivity contribution >= 4 is 27.8 Å². The van der Waals surface area contributed by atoms with Gasteiger partial charge in [-0.2, -0.15) is 0 Å². The van der Waals surface area contributed by atoms with Crippen LogP contribution in [-0.2, 0) is 4.79 Å². The lowest BCUT2D eigenvalue weighted by molar-refractivity contribution is -0.142. The molecule has 2 N–H and O–H groups in total. The highest BCUT2D eigenvalue weighted by Crippen LogP contribution is 2.24. The van der Waals surface area contributed by atoms with Gasteiger partial charge < -0.3 is 10.4 Å². The van der Waals surface area contributed by atoms with Crippen molar-refractivity contribution in [2.24, 2.45) is 11.3 Å². The second kappa shape index (κ2) is 7.07. The van der Waals surface area contributed by atoms with Crippen molar-refractivity contribution in [3.63, 3.8) is 0 Å². The van der Waals surface area contributed by atoms with Crippen molar-refractivity contribution in [2.45, 2.75) is 34.1 Å². The fraction of sp³-hybridized carbons (Fsp3) is 0.500.